The first-order valence-electron chi connectivity index (χ1n) is 25.4. The number of ether oxygens (including phenoxy) is 2. The maximum absolute atomic E-state index is 6.54. The summed E-state index contributed by atoms with van der Waals surface area (Å²) >= 11 is -0.255. The van der Waals surface area contributed by atoms with Gasteiger partial charge in [-0.3, -0.25) is 0 Å². The Morgan fingerprint density at radius 3 is 1.00 bits per heavy atom. The number of fused-ring (bicyclic) bond motifs is 3. The van der Waals surface area contributed by atoms with Crippen molar-refractivity contribution < 1.29 is 9.47 Å². The van der Waals surface area contributed by atoms with Crippen LogP contribution in [-0.2, 0) is 0 Å². The van der Waals surface area contributed by atoms with E-state index in [9.17, 15) is 0 Å². The topological polar surface area (TPSA) is 18.5 Å². The zero-order valence-electron chi connectivity index (χ0n) is 40.3. The van der Waals surface area contributed by atoms with Crippen LogP contribution in [0.15, 0.2) is 30.3 Å². The first-order chi connectivity index (χ1) is 29.0. The van der Waals surface area contributed by atoms with Crippen LogP contribution in [0.2, 0.25) is 29.6 Å². The fourth-order valence-electron chi connectivity index (χ4n) is 8.54. The Hall–Kier alpha value is -0.443. The molecule has 3 aromatic rings. The molecular formula is C54H90O2S2Sn2. The molecule has 338 valence electrons. The zero-order chi connectivity index (χ0) is 43.1. The Morgan fingerprint density at radius 2 is 0.700 bits per heavy atom. The summed E-state index contributed by atoms with van der Waals surface area (Å²) in [6.45, 7) is 6.17. The molecule has 0 spiro atoms. The van der Waals surface area contributed by atoms with Gasteiger partial charge >= 0.3 is 223 Å². The quantitative estimate of drug-likeness (QED) is 0.0338. The summed E-state index contributed by atoms with van der Waals surface area (Å²) in [6.07, 6.45) is 41.0. The SMILES string of the molecule is CCCCCCCCCCCCCCCCOc1cc(C=C2c3c[c]([Sn]([CH3])([CH3])[CH3])sc3-c3s[c]([Sn]([CH3])([CH3])[CH3])cc32)cc(OCCCCCCCCCCCCCCCC)c1. The summed E-state index contributed by atoms with van der Waals surface area (Å²) in [7, 11) is 0. The van der Waals surface area contributed by atoms with Crippen molar-refractivity contribution in [3.05, 3.63) is 47.0 Å². The van der Waals surface area contributed by atoms with Crippen molar-refractivity contribution in [2.24, 2.45) is 0 Å². The fraction of sp³-hybridized carbons (Fsp3) is 0.704. The van der Waals surface area contributed by atoms with E-state index in [1.54, 1.807) is 5.79 Å². The van der Waals surface area contributed by atoms with Gasteiger partial charge in [-0.1, -0.05) is 168 Å². The van der Waals surface area contributed by atoms with Gasteiger partial charge in [0.15, 0.2) is 0 Å². The van der Waals surface area contributed by atoms with Crippen LogP contribution in [0.4, 0.5) is 0 Å². The average Bonchev–Trinajstić information content (AvgIpc) is 3.91. The van der Waals surface area contributed by atoms with E-state index in [1.165, 1.54) is 199 Å². The van der Waals surface area contributed by atoms with Gasteiger partial charge in [0.1, 0.15) is 0 Å². The third-order valence-corrected chi connectivity index (χ3v) is 33.8. The summed E-state index contributed by atoms with van der Waals surface area (Å²) in [4.78, 5) is 18.4. The van der Waals surface area contributed by atoms with Gasteiger partial charge in [0.2, 0.25) is 0 Å². The van der Waals surface area contributed by atoms with Gasteiger partial charge in [-0.2, -0.15) is 0 Å². The molecule has 1 aliphatic rings. The van der Waals surface area contributed by atoms with E-state index in [1.807, 2.05) is 0 Å². The van der Waals surface area contributed by atoms with E-state index in [2.05, 4.69) is 103 Å². The Balaban J connectivity index is 1.31. The fourth-order valence-corrected chi connectivity index (χ4v) is 21.4. The number of unbranched alkanes of at least 4 members (excludes halogenated alkanes) is 26. The molecule has 0 radical (unpaired) electrons. The van der Waals surface area contributed by atoms with Crippen LogP contribution in [0.5, 0.6) is 11.5 Å². The van der Waals surface area contributed by atoms with Gasteiger partial charge in [-0.15, -0.1) is 0 Å². The number of benzene rings is 1. The second kappa shape index (κ2) is 29.2. The van der Waals surface area contributed by atoms with Gasteiger partial charge < -0.3 is 0 Å². The minimum absolute atomic E-state index is 0.781. The molecule has 0 aliphatic heterocycles. The van der Waals surface area contributed by atoms with Crippen LogP contribution in [0, 0.1) is 0 Å². The van der Waals surface area contributed by atoms with E-state index in [0.717, 1.165) is 37.6 Å². The van der Waals surface area contributed by atoms with Crippen molar-refractivity contribution in [3.63, 3.8) is 0 Å². The Labute approximate surface area is 387 Å². The molecule has 0 amide bonds. The van der Waals surface area contributed by atoms with Crippen LogP contribution in [0.25, 0.3) is 21.4 Å². The van der Waals surface area contributed by atoms with Gasteiger partial charge in [0.05, 0.1) is 0 Å². The summed E-state index contributed by atoms with van der Waals surface area (Å²) in [5.41, 5.74) is 5.56. The molecule has 1 aliphatic carbocycles. The maximum atomic E-state index is 6.54. The Kier molecular flexibility index (Phi) is 25.4. The Bertz CT molecular complexity index is 1530. The van der Waals surface area contributed by atoms with Crippen molar-refractivity contribution in [1.29, 1.82) is 0 Å². The molecule has 4 rings (SSSR count). The summed E-state index contributed by atoms with van der Waals surface area (Å²) < 4.78 is 16.4. The van der Waals surface area contributed by atoms with Crippen molar-refractivity contribution in [3.8, 4) is 21.3 Å². The van der Waals surface area contributed by atoms with Crippen LogP contribution in [0.3, 0.4) is 0 Å². The minimum atomic E-state index is -2.24. The number of thiophene rings is 2. The number of hydrogen-bond donors (Lipinski definition) is 0. The standard InChI is InChI=1S/C48H72O2S2.6CH3.2Sn/c1-3-5-7-9-11-13-15-17-19-21-23-25-27-29-33-49-42-37-41(39-46-44-31-35-51-47(44)48-45(46)32-36-52-48)38-43(40-42)50-34-30-28-26-24-22-20-18-16-14-12-10-8-6-4-2;;;;;;;;/h31-32,37-40H,3-30,33-34H2,1-2H3;6*1H3;;. The molecule has 0 saturated carbocycles. The summed E-state index contributed by atoms with van der Waals surface area (Å²) in [5.74, 6) is 1.92. The van der Waals surface area contributed by atoms with Gasteiger partial charge in [-0.25, -0.2) is 0 Å². The van der Waals surface area contributed by atoms with Crippen LogP contribution in [0.1, 0.15) is 210 Å². The van der Waals surface area contributed by atoms with Gasteiger partial charge in [0.25, 0.3) is 0 Å². The predicted molar refractivity (Wildman–Crippen MR) is 279 cm³/mol. The number of rotatable bonds is 35. The third-order valence-electron chi connectivity index (χ3n) is 12.5. The second-order valence-corrected chi connectivity index (χ2v) is 53.3. The predicted octanol–water partition coefficient (Wildman–Crippen LogP) is 18.2. The molecule has 60 heavy (non-hydrogen) atoms. The average molecular weight is 1070 g/mol. The van der Waals surface area contributed by atoms with Crippen molar-refractivity contribution in [2.45, 2.75) is 223 Å². The van der Waals surface area contributed by atoms with Gasteiger partial charge in [-0.05, 0) is 0 Å². The molecule has 6 heteroatoms. The van der Waals surface area contributed by atoms with E-state index >= 15 is 0 Å². The molecular weight excluding hydrogens is 982 g/mol. The third kappa shape index (κ3) is 19.3. The van der Waals surface area contributed by atoms with E-state index < -0.39 is 36.8 Å². The zero-order valence-corrected chi connectivity index (χ0v) is 47.7. The molecule has 0 bridgehead atoms. The molecule has 2 nitrogen and oxygen atoms in total. The normalized spacial score (nSPS) is 12.6. The van der Waals surface area contributed by atoms with Gasteiger partial charge in [0, 0.05) is 0 Å². The Morgan fingerprint density at radius 1 is 0.400 bits per heavy atom. The molecule has 0 unspecified atom stereocenters. The molecule has 2 aromatic heterocycles. The van der Waals surface area contributed by atoms with Crippen LogP contribution < -0.4 is 15.3 Å². The van der Waals surface area contributed by atoms with E-state index in [4.69, 9.17) is 9.47 Å². The molecule has 0 fully saturated rings. The first kappa shape index (κ1) is 52.2. The van der Waals surface area contributed by atoms with Crippen LogP contribution in [-0.4, -0.2) is 50.0 Å². The van der Waals surface area contributed by atoms with Crippen molar-refractivity contribution in [1.82, 2.24) is 0 Å². The molecule has 0 saturated heterocycles. The molecule has 2 heterocycles. The van der Waals surface area contributed by atoms with E-state index in [0.29, 0.717) is 0 Å². The van der Waals surface area contributed by atoms with Crippen LogP contribution >= 0.6 is 22.7 Å². The molecule has 0 N–H and O–H groups in total. The number of hydrogen-bond acceptors (Lipinski definition) is 4. The molecule has 1 aromatic carbocycles. The molecule has 0 atom stereocenters. The summed E-state index contributed by atoms with van der Waals surface area (Å²) in [6, 6.07) is 11.9. The van der Waals surface area contributed by atoms with Crippen molar-refractivity contribution in [2.75, 3.05) is 13.2 Å². The first-order valence-corrected chi connectivity index (χ1v) is 47.0. The second-order valence-electron chi connectivity index (χ2n) is 20.4. The summed E-state index contributed by atoms with van der Waals surface area (Å²) in [5, 5.41) is 0. The monoisotopic (exact) mass is 1070 g/mol. The van der Waals surface area contributed by atoms with Crippen molar-refractivity contribution >= 4 is 76.9 Å². The van der Waals surface area contributed by atoms with E-state index in [-0.39, 0.29) is 0 Å².